The molecule has 26 valence electrons. The van der Waals surface area contributed by atoms with Crippen molar-refractivity contribution < 1.29 is 0 Å². The van der Waals surface area contributed by atoms with Crippen LogP contribution in [0, 0.1) is 0 Å². The zero-order valence-electron chi connectivity index (χ0n) is 3.44. The van der Waals surface area contributed by atoms with E-state index in [9.17, 15) is 0 Å². The summed E-state index contributed by atoms with van der Waals surface area (Å²) in [5, 5.41) is 0. The second-order valence-corrected chi connectivity index (χ2v) is 2.15. The number of rotatable bonds is 1. The van der Waals surface area contributed by atoms with Crippen LogP contribution in [-0.2, 0) is 0 Å². The number of allylic oxidation sites excluding steroid dienone is 2. The van der Waals surface area contributed by atoms with Crippen LogP contribution < -0.4 is 0 Å². The third-order valence-electron chi connectivity index (χ3n) is 0.372. The van der Waals surface area contributed by atoms with Gasteiger partial charge in [-0.15, -0.1) is 0 Å². The molecule has 0 spiro atoms. The van der Waals surface area contributed by atoms with E-state index in [1.165, 1.54) is 28.6 Å². The van der Waals surface area contributed by atoms with E-state index in [0.717, 1.165) is 0 Å². The summed E-state index contributed by atoms with van der Waals surface area (Å²) in [6.45, 7) is 2.05. The molecule has 0 unspecified atom stereocenters. The monoisotopic (exact) mass is 170 g/mol. The van der Waals surface area contributed by atoms with Crippen molar-refractivity contribution in [3.05, 3.63) is 12.2 Å². The van der Waals surface area contributed by atoms with Gasteiger partial charge in [-0.1, -0.05) is 0 Å². The third kappa shape index (κ3) is 4.61. The first-order valence-corrected chi connectivity index (χ1v) is 4.06. The Bertz CT molecular complexity index is 30.6. The van der Waals surface area contributed by atoms with Gasteiger partial charge in [0.25, 0.3) is 0 Å². The van der Waals surface area contributed by atoms with Crippen molar-refractivity contribution >= 4 is 24.4 Å². The van der Waals surface area contributed by atoms with Crippen molar-refractivity contribution in [1.29, 1.82) is 0 Å². The minimum atomic E-state index is 1.29. The van der Waals surface area contributed by atoms with Crippen LogP contribution in [-0.4, -0.2) is 24.4 Å². The first-order chi connectivity index (χ1) is 2.41. The molecule has 0 heterocycles. The van der Waals surface area contributed by atoms with Gasteiger partial charge in [-0.3, -0.25) is 0 Å². The van der Waals surface area contributed by atoms with Gasteiger partial charge in [0.2, 0.25) is 0 Å². The normalized spacial score (nSPS) is 9.80. The fraction of sp³-hybridized carbons (Fsp3) is 0.500. The van der Waals surface area contributed by atoms with Crippen LogP contribution in [0.15, 0.2) is 12.2 Å². The van der Waals surface area contributed by atoms with Gasteiger partial charge in [0.1, 0.15) is 0 Å². The van der Waals surface area contributed by atoms with E-state index in [-0.39, 0.29) is 0 Å². The Hall–Kier alpha value is 0.610. The van der Waals surface area contributed by atoms with E-state index in [1.807, 2.05) is 0 Å². The maximum absolute atomic E-state index is 2.18. The molecule has 5 heavy (non-hydrogen) atoms. The summed E-state index contributed by atoms with van der Waals surface area (Å²) in [6, 6.07) is 0. The summed E-state index contributed by atoms with van der Waals surface area (Å²) >= 11 is 1.36. The molecule has 1 heteroatoms. The van der Waals surface area contributed by atoms with E-state index in [0.29, 0.717) is 0 Å². The van der Waals surface area contributed by atoms with Gasteiger partial charge in [0, 0.05) is 0 Å². The molecule has 0 amide bonds. The Balaban J connectivity index is 2.62. The molecule has 0 N–H and O–H groups in total. The van der Waals surface area contributed by atoms with Crippen LogP contribution in [0.3, 0.4) is 0 Å². The van der Waals surface area contributed by atoms with E-state index in [4.69, 9.17) is 0 Å². The maximum atomic E-state index is 2.18. The molecule has 0 fully saturated rings. The second kappa shape index (κ2) is 4.61. The molecule has 0 saturated carbocycles. The Morgan fingerprint density at radius 1 is 1.80 bits per heavy atom. The van der Waals surface area contributed by atoms with Gasteiger partial charge in [0.05, 0.1) is 0 Å². The van der Waals surface area contributed by atoms with Crippen LogP contribution in [0.2, 0.25) is 4.18 Å². The molecule has 0 bridgehead atoms. The Kier molecular flexibility index (Phi) is 5.17. The molecule has 0 aliphatic carbocycles. The molecule has 0 aliphatic heterocycles. The quantitative estimate of drug-likeness (QED) is 0.517. The van der Waals surface area contributed by atoms with Crippen molar-refractivity contribution in [2.75, 3.05) is 0 Å². The molecule has 2 radical (unpaired) electrons. The zero-order chi connectivity index (χ0) is 4.12. The van der Waals surface area contributed by atoms with Gasteiger partial charge in [-0.2, -0.15) is 0 Å². The average molecular weight is 170 g/mol. The van der Waals surface area contributed by atoms with Crippen molar-refractivity contribution in [2.24, 2.45) is 0 Å². The summed E-state index contributed by atoms with van der Waals surface area (Å²) in [5.74, 6) is 0. The fourth-order valence-electron chi connectivity index (χ4n) is 0.136. The summed E-state index contributed by atoms with van der Waals surface area (Å²) in [5.41, 5.74) is 0. The Labute approximate surface area is 47.8 Å². The van der Waals surface area contributed by atoms with Gasteiger partial charge in [0.15, 0.2) is 0 Å². The Morgan fingerprint density at radius 3 is 2.40 bits per heavy atom. The van der Waals surface area contributed by atoms with Crippen molar-refractivity contribution in [3.8, 4) is 0 Å². The molecule has 0 saturated heterocycles. The van der Waals surface area contributed by atoms with Crippen LogP contribution in [0.4, 0.5) is 0 Å². The molecule has 0 aromatic carbocycles. The summed E-state index contributed by atoms with van der Waals surface area (Å²) in [6.07, 6.45) is 4.27. The minimum absolute atomic E-state index is 1.29. The van der Waals surface area contributed by atoms with Crippen molar-refractivity contribution in [2.45, 2.75) is 11.1 Å². The Morgan fingerprint density at radius 2 is 2.40 bits per heavy atom. The molecule has 0 nitrogen and oxygen atoms in total. The van der Waals surface area contributed by atoms with Crippen molar-refractivity contribution in [3.63, 3.8) is 0 Å². The number of hydrogen-bond acceptors (Lipinski definition) is 0. The van der Waals surface area contributed by atoms with Gasteiger partial charge >= 0.3 is 47.6 Å². The van der Waals surface area contributed by atoms with E-state index in [1.54, 1.807) is 0 Å². The van der Waals surface area contributed by atoms with E-state index in [2.05, 4.69) is 19.1 Å². The number of hydrogen-bond donors (Lipinski definition) is 0. The van der Waals surface area contributed by atoms with E-state index < -0.39 is 0 Å². The summed E-state index contributed by atoms with van der Waals surface area (Å²) in [4.78, 5) is 0. The summed E-state index contributed by atoms with van der Waals surface area (Å²) < 4.78 is 1.29. The molecule has 0 rings (SSSR count). The van der Waals surface area contributed by atoms with E-state index >= 15 is 0 Å². The van der Waals surface area contributed by atoms with Gasteiger partial charge < -0.3 is 0 Å². The van der Waals surface area contributed by atoms with Crippen molar-refractivity contribution in [1.82, 2.24) is 0 Å². The standard InChI is InChI=1S/C4H7.In/c1-3-4-2;/h3-4H,1H2,2H3;/b4-3-;. The van der Waals surface area contributed by atoms with Crippen LogP contribution in [0.25, 0.3) is 0 Å². The molecule has 0 aliphatic rings. The molecule has 0 aromatic rings. The van der Waals surface area contributed by atoms with Crippen LogP contribution in [0.1, 0.15) is 6.92 Å². The van der Waals surface area contributed by atoms with Crippen LogP contribution in [0.5, 0.6) is 0 Å². The summed E-state index contributed by atoms with van der Waals surface area (Å²) in [7, 11) is 0. The molecular formula is C4H7In. The average Bonchev–Trinajstić information content (AvgIpc) is 1.41. The zero-order valence-corrected chi connectivity index (χ0v) is 6.73. The second-order valence-electron chi connectivity index (χ2n) is 0.805. The fourth-order valence-corrected chi connectivity index (χ4v) is 0.913. The first-order valence-electron chi connectivity index (χ1n) is 1.73. The van der Waals surface area contributed by atoms with Crippen LogP contribution >= 0.6 is 0 Å². The molecule has 0 atom stereocenters. The van der Waals surface area contributed by atoms with Gasteiger partial charge in [-0.05, 0) is 0 Å². The topological polar surface area (TPSA) is 0 Å². The third-order valence-corrected chi connectivity index (χ3v) is 1.15. The first kappa shape index (κ1) is 5.61. The van der Waals surface area contributed by atoms with Gasteiger partial charge in [-0.25, -0.2) is 0 Å². The SMILES string of the molecule is C/C=C\[CH2][In]. The molecule has 0 aromatic heterocycles. The molecular weight excluding hydrogens is 163 g/mol. The predicted molar refractivity (Wildman–Crippen MR) is 25.4 cm³/mol. The predicted octanol–water partition coefficient (Wildman–Crippen LogP) is 1.15.